The van der Waals surface area contributed by atoms with Crippen molar-refractivity contribution in [1.29, 1.82) is 0 Å². The van der Waals surface area contributed by atoms with Gasteiger partial charge in [0, 0.05) is 11.8 Å². The standard InChI is InChI=1S/C14H12BrFN2O2/c1-7-2-3-12(9(15)4-7)20-13-5-8(14(18)19)11(17)6-10(13)16/h2-6H,17H2,1H3,(H2,18,19). The molecule has 1 amide bonds. The summed E-state index contributed by atoms with van der Waals surface area (Å²) in [4.78, 5) is 11.2. The molecule has 0 aliphatic heterocycles. The highest BCUT2D eigenvalue weighted by molar-refractivity contribution is 9.10. The molecule has 4 nitrogen and oxygen atoms in total. The molecule has 4 N–H and O–H groups in total. The summed E-state index contributed by atoms with van der Waals surface area (Å²) in [6.45, 7) is 1.92. The van der Waals surface area contributed by atoms with Crippen LogP contribution in [0.5, 0.6) is 11.5 Å². The number of primary amides is 1. The molecular formula is C14H12BrFN2O2. The van der Waals surface area contributed by atoms with Gasteiger partial charge in [0.2, 0.25) is 0 Å². The number of anilines is 1. The Morgan fingerprint density at radius 2 is 1.95 bits per heavy atom. The lowest BCUT2D eigenvalue weighted by molar-refractivity contribution is 0.100. The Balaban J connectivity index is 2.43. The minimum atomic E-state index is -0.740. The van der Waals surface area contributed by atoms with Crippen LogP contribution < -0.4 is 16.2 Å². The molecule has 0 unspecified atom stereocenters. The average Bonchev–Trinajstić information content (AvgIpc) is 2.35. The van der Waals surface area contributed by atoms with E-state index in [0.29, 0.717) is 10.2 Å². The number of hydrogen-bond donors (Lipinski definition) is 2. The average molecular weight is 339 g/mol. The fourth-order valence-electron chi connectivity index (χ4n) is 1.67. The van der Waals surface area contributed by atoms with Gasteiger partial charge in [-0.2, -0.15) is 0 Å². The quantitative estimate of drug-likeness (QED) is 0.842. The molecule has 2 aromatic carbocycles. The predicted octanol–water partition coefficient (Wildman–Crippen LogP) is 3.37. The molecule has 0 aliphatic rings. The topological polar surface area (TPSA) is 78.3 Å². The van der Waals surface area contributed by atoms with Crippen molar-refractivity contribution >= 4 is 27.5 Å². The second-order valence-electron chi connectivity index (χ2n) is 4.27. The van der Waals surface area contributed by atoms with Crippen LogP contribution in [0.3, 0.4) is 0 Å². The van der Waals surface area contributed by atoms with Gasteiger partial charge >= 0.3 is 0 Å². The van der Waals surface area contributed by atoms with E-state index in [0.717, 1.165) is 11.6 Å². The van der Waals surface area contributed by atoms with Crippen LogP contribution in [-0.2, 0) is 0 Å². The van der Waals surface area contributed by atoms with Gasteiger partial charge in [-0.1, -0.05) is 6.07 Å². The maximum atomic E-state index is 13.8. The summed E-state index contributed by atoms with van der Waals surface area (Å²) in [5.41, 5.74) is 11.7. The summed E-state index contributed by atoms with van der Waals surface area (Å²) >= 11 is 3.33. The van der Waals surface area contributed by atoms with Crippen LogP contribution in [0.4, 0.5) is 10.1 Å². The summed E-state index contributed by atoms with van der Waals surface area (Å²) in [6, 6.07) is 7.56. The fourth-order valence-corrected chi connectivity index (χ4v) is 2.24. The van der Waals surface area contributed by atoms with Crippen LogP contribution >= 0.6 is 15.9 Å². The molecule has 20 heavy (non-hydrogen) atoms. The molecular weight excluding hydrogens is 327 g/mol. The first-order valence-electron chi connectivity index (χ1n) is 5.71. The summed E-state index contributed by atoms with van der Waals surface area (Å²) in [5.74, 6) is -1.09. The van der Waals surface area contributed by atoms with Gasteiger partial charge in [-0.3, -0.25) is 4.79 Å². The Bertz CT molecular complexity index is 689. The van der Waals surface area contributed by atoms with Crippen molar-refractivity contribution < 1.29 is 13.9 Å². The number of carbonyl (C=O) groups excluding carboxylic acids is 1. The van der Waals surface area contributed by atoms with E-state index in [2.05, 4.69) is 15.9 Å². The first-order valence-corrected chi connectivity index (χ1v) is 6.50. The van der Waals surface area contributed by atoms with Crippen molar-refractivity contribution in [2.45, 2.75) is 6.92 Å². The summed E-state index contributed by atoms with van der Waals surface area (Å²) in [6.07, 6.45) is 0. The van der Waals surface area contributed by atoms with E-state index in [9.17, 15) is 9.18 Å². The normalized spacial score (nSPS) is 10.3. The van der Waals surface area contributed by atoms with Gasteiger partial charge < -0.3 is 16.2 Å². The highest BCUT2D eigenvalue weighted by Gasteiger charge is 2.14. The lowest BCUT2D eigenvalue weighted by Crippen LogP contribution is -2.14. The summed E-state index contributed by atoms with van der Waals surface area (Å²) in [5, 5.41) is 0. The molecule has 0 saturated carbocycles. The van der Waals surface area contributed by atoms with E-state index < -0.39 is 11.7 Å². The minimum Gasteiger partial charge on any atom is -0.453 e. The van der Waals surface area contributed by atoms with Gasteiger partial charge in [0.05, 0.1) is 10.0 Å². The van der Waals surface area contributed by atoms with Crippen LogP contribution in [0, 0.1) is 12.7 Å². The van der Waals surface area contributed by atoms with E-state index in [4.69, 9.17) is 16.2 Å². The zero-order valence-corrected chi connectivity index (χ0v) is 12.2. The zero-order chi connectivity index (χ0) is 14.9. The van der Waals surface area contributed by atoms with Crippen molar-refractivity contribution in [3.8, 4) is 11.5 Å². The van der Waals surface area contributed by atoms with Crippen molar-refractivity contribution in [3.63, 3.8) is 0 Å². The van der Waals surface area contributed by atoms with Crippen molar-refractivity contribution in [1.82, 2.24) is 0 Å². The SMILES string of the molecule is Cc1ccc(Oc2cc(C(N)=O)c(N)cc2F)c(Br)c1. The van der Waals surface area contributed by atoms with Gasteiger partial charge in [0.25, 0.3) is 5.91 Å². The number of aryl methyl sites for hydroxylation is 1. The number of nitrogens with two attached hydrogens (primary N) is 2. The molecule has 0 aliphatic carbocycles. The number of rotatable bonds is 3. The predicted molar refractivity (Wildman–Crippen MR) is 78.3 cm³/mol. The maximum absolute atomic E-state index is 13.8. The second-order valence-corrected chi connectivity index (χ2v) is 5.12. The number of nitrogen functional groups attached to an aromatic ring is 1. The Morgan fingerprint density at radius 1 is 1.25 bits per heavy atom. The molecule has 0 saturated heterocycles. The first-order chi connectivity index (χ1) is 9.38. The maximum Gasteiger partial charge on any atom is 0.250 e. The second kappa shape index (κ2) is 5.50. The molecule has 0 bridgehead atoms. The Morgan fingerprint density at radius 3 is 2.55 bits per heavy atom. The van der Waals surface area contributed by atoms with Gasteiger partial charge in [0.15, 0.2) is 11.6 Å². The Labute approximate surface area is 123 Å². The van der Waals surface area contributed by atoms with Crippen LogP contribution in [-0.4, -0.2) is 5.91 Å². The largest absolute Gasteiger partial charge is 0.453 e. The van der Waals surface area contributed by atoms with Crippen molar-refractivity contribution in [3.05, 3.63) is 51.7 Å². The number of hydrogen-bond acceptors (Lipinski definition) is 3. The molecule has 0 spiro atoms. The molecule has 2 aromatic rings. The lowest BCUT2D eigenvalue weighted by Gasteiger charge is -2.11. The molecule has 104 valence electrons. The minimum absolute atomic E-state index is 0.0182. The van der Waals surface area contributed by atoms with Gasteiger partial charge in [-0.25, -0.2) is 4.39 Å². The van der Waals surface area contributed by atoms with Gasteiger partial charge in [0.1, 0.15) is 5.75 Å². The number of carbonyl (C=O) groups is 1. The number of ether oxygens (including phenoxy) is 1. The third-order valence-electron chi connectivity index (χ3n) is 2.68. The molecule has 0 radical (unpaired) electrons. The molecule has 0 atom stereocenters. The van der Waals surface area contributed by atoms with Crippen LogP contribution in [0.25, 0.3) is 0 Å². The molecule has 0 aromatic heterocycles. The number of amides is 1. The lowest BCUT2D eigenvalue weighted by atomic mass is 10.1. The third kappa shape index (κ3) is 2.91. The number of benzene rings is 2. The van der Waals surface area contributed by atoms with E-state index in [1.165, 1.54) is 6.07 Å². The van der Waals surface area contributed by atoms with E-state index in [-0.39, 0.29) is 17.0 Å². The van der Waals surface area contributed by atoms with Crippen molar-refractivity contribution in [2.75, 3.05) is 5.73 Å². The smallest absolute Gasteiger partial charge is 0.250 e. The highest BCUT2D eigenvalue weighted by atomic mass is 79.9. The van der Waals surface area contributed by atoms with Crippen LogP contribution in [0.1, 0.15) is 15.9 Å². The Kier molecular flexibility index (Phi) is 3.94. The molecule has 0 fully saturated rings. The first kappa shape index (κ1) is 14.3. The molecule has 0 heterocycles. The van der Waals surface area contributed by atoms with Crippen LogP contribution in [0.2, 0.25) is 0 Å². The highest BCUT2D eigenvalue weighted by Crippen LogP contribution is 2.33. The van der Waals surface area contributed by atoms with E-state index in [1.807, 2.05) is 19.1 Å². The zero-order valence-electron chi connectivity index (χ0n) is 10.6. The summed E-state index contributed by atoms with van der Waals surface area (Å²) in [7, 11) is 0. The monoisotopic (exact) mass is 338 g/mol. The third-order valence-corrected chi connectivity index (χ3v) is 3.30. The fraction of sp³-hybridized carbons (Fsp3) is 0.0714. The van der Waals surface area contributed by atoms with E-state index >= 15 is 0 Å². The Hall–Kier alpha value is -2.08. The van der Waals surface area contributed by atoms with Gasteiger partial charge in [-0.15, -0.1) is 0 Å². The van der Waals surface area contributed by atoms with Crippen LogP contribution in [0.15, 0.2) is 34.8 Å². The summed E-state index contributed by atoms with van der Waals surface area (Å²) < 4.78 is 19.9. The van der Waals surface area contributed by atoms with Gasteiger partial charge in [-0.05, 0) is 46.6 Å². The number of halogens is 2. The molecule has 6 heteroatoms. The van der Waals surface area contributed by atoms with Crippen molar-refractivity contribution in [2.24, 2.45) is 5.73 Å². The van der Waals surface area contributed by atoms with E-state index in [1.54, 1.807) is 6.07 Å². The molecule has 2 rings (SSSR count).